The molecule has 0 aromatic heterocycles. The summed E-state index contributed by atoms with van der Waals surface area (Å²) < 4.78 is 0. The minimum Gasteiger partial charge on any atom is -0.473 e. The molecule has 0 aliphatic rings. The van der Waals surface area contributed by atoms with Gasteiger partial charge in [-0.25, -0.2) is 9.59 Å². The maximum atomic E-state index is 10.1. The van der Waals surface area contributed by atoms with E-state index in [2.05, 4.69) is 4.84 Å². The van der Waals surface area contributed by atoms with Crippen molar-refractivity contribution in [2.75, 3.05) is 14.1 Å². The Kier molecular flexibility index (Phi) is 2.66. The van der Waals surface area contributed by atoms with E-state index >= 15 is 0 Å². The van der Waals surface area contributed by atoms with Gasteiger partial charge in [0, 0.05) is 14.1 Å². The van der Waals surface area contributed by atoms with Crippen molar-refractivity contribution in [1.29, 1.82) is 0 Å². The van der Waals surface area contributed by atoms with Crippen LogP contribution in [0.2, 0.25) is 0 Å². The molecule has 0 rings (SSSR count). The van der Waals surface area contributed by atoms with Gasteiger partial charge in [-0.2, -0.15) is 0 Å². The number of rotatable bonds is 1. The van der Waals surface area contributed by atoms with Gasteiger partial charge in [-0.1, -0.05) is 0 Å². The van der Waals surface area contributed by atoms with E-state index in [9.17, 15) is 9.59 Å². The van der Waals surface area contributed by atoms with E-state index in [4.69, 9.17) is 5.11 Å². The van der Waals surface area contributed by atoms with Crippen LogP contribution in [0.5, 0.6) is 0 Å². The molecule has 0 atom stereocenters. The highest BCUT2D eigenvalue weighted by Gasteiger charge is 2.13. The molecule has 0 heterocycles. The Labute approximate surface area is 51.8 Å². The first-order chi connectivity index (χ1) is 4.04. The molecule has 0 aliphatic carbocycles. The van der Waals surface area contributed by atoms with Crippen molar-refractivity contribution in [3.05, 3.63) is 0 Å². The Morgan fingerprint density at radius 3 is 2.00 bits per heavy atom. The van der Waals surface area contributed by atoms with Gasteiger partial charge in [0.05, 0.1) is 0 Å². The average Bonchev–Trinajstić information content (AvgIpc) is 1.63. The summed E-state index contributed by atoms with van der Waals surface area (Å²) in [6.45, 7) is 0. The van der Waals surface area contributed by atoms with Gasteiger partial charge in [0.1, 0.15) is 0 Å². The van der Waals surface area contributed by atoms with E-state index in [-0.39, 0.29) is 0 Å². The molecule has 0 saturated heterocycles. The highest BCUT2D eigenvalue weighted by atomic mass is 16.7. The summed E-state index contributed by atoms with van der Waals surface area (Å²) in [5.41, 5.74) is 0. The fraction of sp³-hybridized carbons (Fsp3) is 0.500. The topological polar surface area (TPSA) is 66.8 Å². The molecule has 0 saturated carbocycles. The largest absolute Gasteiger partial charge is 0.473 e. The summed E-state index contributed by atoms with van der Waals surface area (Å²) in [6.07, 6.45) is 0. The first-order valence-corrected chi connectivity index (χ1v) is 2.16. The van der Waals surface area contributed by atoms with Crippen LogP contribution in [0.3, 0.4) is 0 Å². The monoisotopic (exact) mass is 133 g/mol. The number of carbonyl (C=O) groups excluding carboxylic acids is 1. The third-order valence-corrected chi connectivity index (χ3v) is 0.440. The highest BCUT2D eigenvalue weighted by Crippen LogP contribution is 1.79. The van der Waals surface area contributed by atoms with Crippen LogP contribution < -0.4 is 0 Å². The lowest BCUT2D eigenvalue weighted by Gasteiger charge is -2.05. The summed E-state index contributed by atoms with van der Waals surface area (Å²) in [6, 6.07) is 0. The molecule has 1 N–H and O–H groups in total. The van der Waals surface area contributed by atoms with Crippen LogP contribution in [-0.2, 0) is 14.4 Å². The fourth-order valence-corrected chi connectivity index (χ4v) is 0.205. The van der Waals surface area contributed by atoms with Crippen LogP contribution in [0, 0.1) is 0 Å². The van der Waals surface area contributed by atoms with Crippen molar-refractivity contribution >= 4 is 11.9 Å². The van der Waals surface area contributed by atoms with Gasteiger partial charge in [-0.3, -0.25) is 0 Å². The molecule has 9 heavy (non-hydrogen) atoms. The number of hydrogen-bond donors (Lipinski definition) is 1. The molecule has 0 amide bonds. The zero-order valence-electron chi connectivity index (χ0n) is 5.12. The summed E-state index contributed by atoms with van der Waals surface area (Å²) in [4.78, 5) is 23.9. The zero-order chi connectivity index (χ0) is 7.44. The second-order valence-electron chi connectivity index (χ2n) is 1.50. The minimum atomic E-state index is -1.59. The summed E-state index contributed by atoms with van der Waals surface area (Å²) in [5, 5.41) is 8.94. The van der Waals surface area contributed by atoms with Gasteiger partial charge in [-0.15, -0.1) is 5.06 Å². The Hall–Kier alpha value is -1.10. The molecule has 0 bridgehead atoms. The maximum absolute atomic E-state index is 10.1. The molecule has 0 radical (unpaired) electrons. The molecule has 0 aliphatic heterocycles. The number of hydroxylamine groups is 2. The molecule has 0 aromatic rings. The van der Waals surface area contributed by atoms with Crippen molar-refractivity contribution in [3.63, 3.8) is 0 Å². The van der Waals surface area contributed by atoms with Crippen molar-refractivity contribution < 1.29 is 19.5 Å². The molecular formula is C4H7NO4. The standard InChI is InChI=1S/C4H7NO4/c1-5(2)9-4(8)3(6)7/h1-2H3,(H,6,7). The molecule has 5 heteroatoms. The Balaban J connectivity index is 3.65. The predicted octanol–water partition coefficient (Wildman–Crippen LogP) is -0.909. The number of carboxylic acid groups (broad SMARTS) is 1. The van der Waals surface area contributed by atoms with E-state index < -0.39 is 11.9 Å². The van der Waals surface area contributed by atoms with Gasteiger partial charge < -0.3 is 9.94 Å². The zero-order valence-corrected chi connectivity index (χ0v) is 5.12. The van der Waals surface area contributed by atoms with Crippen LogP contribution in [0.4, 0.5) is 0 Å². The van der Waals surface area contributed by atoms with Crippen molar-refractivity contribution in [3.8, 4) is 0 Å². The normalized spacial score (nSPS) is 9.22. The lowest BCUT2D eigenvalue weighted by molar-refractivity contribution is -0.188. The summed E-state index contributed by atoms with van der Waals surface area (Å²) in [7, 11) is 2.84. The number of aliphatic carboxylic acids is 1. The SMILES string of the molecule is CN(C)OC(=O)C(=O)O. The van der Waals surface area contributed by atoms with Gasteiger partial charge in [0.15, 0.2) is 0 Å². The van der Waals surface area contributed by atoms with Gasteiger partial charge in [0.2, 0.25) is 0 Å². The number of hydrogen-bond acceptors (Lipinski definition) is 4. The summed E-state index contributed by atoms with van der Waals surface area (Å²) in [5.74, 6) is -2.87. The van der Waals surface area contributed by atoms with Gasteiger partial charge >= 0.3 is 11.9 Å². The predicted molar refractivity (Wildman–Crippen MR) is 27.4 cm³/mol. The molecule has 5 nitrogen and oxygen atoms in total. The fourth-order valence-electron chi connectivity index (χ4n) is 0.205. The van der Waals surface area contributed by atoms with Gasteiger partial charge in [-0.05, 0) is 0 Å². The highest BCUT2D eigenvalue weighted by molar-refractivity contribution is 6.28. The number of carboxylic acids is 1. The van der Waals surface area contributed by atoms with E-state index in [0.29, 0.717) is 0 Å². The van der Waals surface area contributed by atoms with Crippen molar-refractivity contribution in [1.82, 2.24) is 5.06 Å². The second kappa shape index (κ2) is 3.03. The number of nitrogens with zero attached hydrogens (tertiary/aromatic N) is 1. The molecule has 0 spiro atoms. The Morgan fingerprint density at radius 2 is 1.89 bits per heavy atom. The van der Waals surface area contributed by atoms with E-state index in [1.165, 1.54) is 14.1 Å². The molecule has 52 valence electrons. The molecule has 0 aromatic carbocycles. The average molecular weight is 133 g/mol. The lowest BCUT2D eigenvalue weighted by atomic mass is 10.7. The van der Waals surface area contributed by atoms with E-state index in [1.54, 1.807) is 0 Å². The lowest BCUT2D eigenvalue weighted by Crippen LogP contribution is -2.24. The van der Waals surface area contributed by atoms with Crippen LogP contribution in [0.15, 0.2) is 0 Å². The minimum absolute atomic E-state index is 1.01. The first-order valence-electron chi connectivity index (χ1n) is 2.16. The van der Waals surface area contributed by atoms with Crippen LogP contribution in [0.1, 0.15) is 0 Å². The third-order valence-electron chi connectivity index (χ3n) is 0.440. The Morgan fingerprint density at radius 1 is 1.44 bits per heavy atom. The quantitative estimate of drug-likeness (QED) is 0.370. The van der Waals surface area contributed by atoms with E-state index in [1.807, 2.05) is 0 Å². The van der Waals surface area contributed by atoms with Crippen molar-refractivity contribution in [2.24, 2.45) is 0 Å². The smallest absolute Gasteiger partial charge is 0.436 e. The summed E-state index contributed by atoms with van der Waals surface area (Å²) >= 11 is 0. The maximum Gasteiger partial charge on any atom is 0.436 e. The second-order valence-corrected chi connectivity index (χ2v) is 1.50. The van der Waals surface area contributed by atoms with Gasteiger partial charge in [0.25, 0.3) is 0 Å². The molecular weight excluding hydrogens is 126 g/mol. The number of carbonyl (C=O) groups is 2. The Bertz CT molecular complexity index is 131. The van der Waals surface area contributed by atoms with E-state index in [0.717, 1.165) is 5.06 Å². The molecule has 0 fully saturated rings. The molecule has 0 unspecified atom stereocenters. The van der Waals surface area contributed by atoms with Crippen LogP contribution in [0.25, 0.3) is 0 Å². The van der Waals surface area contributed by atoms with Crippen LogP contribution >= 0.6 is 0 Å². The first kappa shape index (κ1) is 7.90. The van der Waals surface area contributed by atoms with Crippen LogP contribution in [-0.4, -0.2) is 36.2 Å². The van der Waals surface area contributed by atoms with Crippen molar-refractivity contribution in [2.45, 2.75) is 0 Å². The third kappa shape index (κ3) is 3.48.